The number of cyclic esters (lactones) is 1. The summed E-state index contributed by atoms with van der Waals surface area (Å²) in [4.78, 5) is 51.4. The van der Waals surface area contributed by atoms with Crippen LogP contribution in [-0.2, 0) is 20.9 Å². The largest absolute Gasteiger partial charge is 0.442 e. The van der Waals surface area contributed by atoms with Crippen molar-refractivity contribution in [1.29, 1.82) is 0 Å². The number of hydrogen-bond donors (Lipinski definition) is 2. The Labute approximate surface area is 212 Å². The number of nitrogens with one attached hydrogen (secondary N) is 2. The molecule has 180 valence electrons. The number of fused-ring (bicyclic) bond motifs is 2. The van der Waals surface area contributed by atoms with Gasteiger partial charge in [-0.1, -0.05) is 22.0 Å². The van der Waals surface area contributed by atoms with Crippen LogP contribution in [0, 0.1) is 0 Å². The fourth-order valence-corrected chi connectivity index (χ4v) is 5.24. The van der Waals surface area contributed by atoms with Gasteiger partial charge in [0, 0.05) is 34.1 Å². The van der Waals surface area contributed by atoms with Crippen LogP contribution in [0.1, 0.15) is 6.42 Å². The first-order valence-corrected chi connectivity index (χ1v) is 12.8. The van der Waals surface area contributed by atoms with Gasteiger partial charge in [-0.15, -0.1) is 11.8 Å². The van der Waals surface area contributed by atoms with Crippen molar-refractivity contribution in [3.05, 3.63) is 63.4 Å². The number of nitrogens with zero attached hydrogens (tertiary/aromatic N) is 2. The fraction of sp³-hybridized carbons (Fsp3) is 0.250. The number of aryl methyl sites for hydroxylation is 1. The summed E-state index contributed by atoms with van der Waals surface area (Å²) in [6.45, 7) is 0.665. The molecule has 0 bridgehead atoms. The number of halogens is 1. The molecule has 0 aliphatic carbocycles. The van der Waals surface area contributed by atoms with E-state index >= 15 is 0 Å². The summed E-state index contributed by atoms with van der Waals surface area (Å²) in [7, 11) is 0. The topological polar surface area (TPSA) is 110 Å². The second kappa shape index (κ2) is 9.74. The van der Waals surface area contributed by atoms with Crippen LogP contribution in [-0.4, -0.2) is 47.4 Å². The number of pyridine rings is 1. The number of aromatic nitrogens is 1. The lowest BCUT2D eigenvalue weighted by Crippen LogP contribution is -2.35. The summed E-state index contributed by atoms with van der Waals surface area (Å²) in [5, 5.41) is 6.52. The highest BCUT2D eigenvalue weighted by atomic mass is 79.9. The van der Waals surface area contributed by atoms with Gasteiger partial charge in [-0.05, 0) is 41.8 Å². The molecule has 0 saturated carbocycles. The molecule has 2 aliphatic heterocycles. The Morgan fingerprint density at radius 1 is 1.14 bits per heavy atom. The molecule has 0 radical (unpaired) electrons. The monoisotopic (exact) mass is 556 g/mol. The minimum Gasteiger partial charge on any atom is -0.442 e. The molecule has 1 aromatic heterocycles. The molecule has 3 amide bonds. The van der Waals surface area contributed by atoms with E-state index in [0.29, 0.717) is 17.1 Å². The highest BCUT2D eigenvalue weighted by Gasteiger charge is 2.33. The minimum atomic E-state index is -0.511. The van der Waals surface area contributed by atoms with Gasteiger partial charge in [0.2, 0.25) is 11.8 Å². The molecule has 11 heteroatoms. The summed E-state index contributed by atoms with van der Waals surface area (Å²) in [5.74, 6) is 0.0431. The Bertz CT molecular complexity index is 1410. The van der Waals surface area contributed by atoms with Gasteiger partial charge in [0.15, 0.2) is 0 Å². The maximum Gasteiger partial charge on any atom is 0.414 e. The normalized spacial score (nSPS) is 17.2. The van der Waals surface area contributed by atoms with Crippen LogP contribution in [0.2, 0.25) is 0 Å². The molecule has 1 fully saturated rings. The van der Waals surface area contributed by atoms with E-state index in [1.807, 2.05) is 30.3 Å². The average Bonchev–Trinajstić information content (AvgIpc) is 3.22. The van der Waals surface area contributed by atoms with Crippen molar-refractivity contribution in [1.82, 2.24) is 9.88 Å². The molecule has 2 aliphatic rings. The van der Waals surface area contributed by atoms with Gasteiger partial charge in [-0.2, -0.15) is 0 Å². The van der Waals surface area contributed by atoms with E-state index < -0.39 is 12.2 Å². The molecule has 35 heavy (non-hydrogen) atoms. The number of carbonyl (C=O) groups excluding carboxylic acids is 3. The number of amides is 3. The Balaban J connectivity index is 1.18. The molecule has 2 aromatic carbocycles. The molecule has 5 rings (SSSR count). The Kier molecular flexibility index (Phi) is 6.52. The van der Waals surface area contributed by atoms with Crippen LogP contribution in [0.15, 0.2) is 62.7 Å². The van der Waals surface area contributed by atoms with E-state index in [1.54, 1.807) is 16.7 Å². The second-order valence-corrected chi connectivity index (χ2v) is 10.1. The lowest BCUT2D eigenvalue weighted by atomic mass is 10.2. The summed E-state index contributed by atoms with van der Waals surface area (Å²) in [6, 6.07) is 14.3. The maximum absolute atomic E-state index is 12.5. The highest BCUT2D eigenvalue weighted by molar-refractivity contribution is 9.10. The maximum atomic E-state index is 12.5. The number of thioether (sulfide) groups is 1. The van der Waals surface area contributed by atoms with Crippen LogP contribution in [0.3, 0.4) is 0 Å². The molecule has 1 atom stereocenters. The van der Waals surface area contributed by atoms with Crippen LogP contribution < -0.4 is 21.1 Å². The number of anilines is 2. The third-order valence-electron chi connectivity index (χ3n) is 5.83. The summed E-state index contributed by atoms with van der Waals surface area (Å²) < 4.78 is 7.84. The average molecular weight is 557 g/mol. The first kappa shape index (κ1) is 23.4. The number of rotatable bonds is 6. The van der Waals surface area contributed by atoms with Crippen molar-refractivity contribution in [3.63, 3.8) is 0 Å². The molecule has 1 saturated heterocycles. The zero-order valence-electron chi connectivity index (χ0n) is 18.5. The van der Waals surface area contributed by atoms with Gasteiger partial charge < -0.3 is 19.9 Å². The van der Waals surface area contributed by atoms with Gasteiger partial charge in [0.1, 0.15) is 6.10 Å². The number of hydrogen-bond acceptors (Lipinski definition) is 6. The Morgan fingerprint density at radius 3 is 2.83 bits per heavy atom. The third-order valence-corrected chi connectivity index (χ3v) is 7.39. The van der Waals surface area contributed by atoms with E-state index in [0.717, 1.165) is 20.3 Å². The van der Waals surface area contributed by atoms with Gasteiger partial charge in [0.25, 0.3) is 5.56 Å². The Morgan fingerprint density at radius 2 is 1.97 bits per heavy atom. The number of benzene rings is 2. The number of ether oxygens (including phenoxy) is 1. The van der Waals surface area contributed by atoms with Gasteiger partial charge in [-0.25, -0.2) is 4.79 Å². The quantitative estimate of drug-likeness (QED) is 0.482. The van der Waals surface area contributed by atoms with E-state index in [-0.39, 0.29) is 43.4 Å². The van der Waals surface area contributed by atoms with Crippen LogP contribution >= 0.6 is 27.7 Å². The smallest absolute Gasteiger partial charge is 0.414 e. The van der Waals surface area contributed by atoms with Crippen molar-refractivity contribution >= 4 is 67.9 Å². The highest BCUT2D eigenvalue weighted by Crippen LogP contribution is 2.35. The van der Waals surface area contributed by atoms with E-state index in [2.05, 4.69) is 26.6 Å². The predicted octanol–water partition coefficient (Wildman–Crippen LogP) is 3.34. The molecule has 3 aromatic rings. The van der Waals surface area contributed by atoms with Crippen LogP contribution in [0.5, 0.6) is 0 Å². The molecule has 2 N–H and O–H groups in total. The van der Waals surface area contributed by atoms with Crippen molar-refractivity contribution in [3.8, 4) is 0 Å². The fourth-order valence-electron chi connectivity index (χ4n) is 4.10. The zero-order valence-corrected chi connectivity index (χ0v) is 20.9. The summed E-state index contributed by atoms with van der Waals surface area (Å²) >= 11 is 4.87. The summed E-state index contributed by atoms with van der Waals surface area (Å²) in [6.07, 6.45) is -0.910. The van der Waals surface area contributed by atoms with E-state index in [1.165, 1.54) is 22.7 Å². The van der Waals surface area contributed by atoms with Crippen molar-refractivity contribution in [2.45, 2.75) is 24.0 Å². The van der Waals surface area contributed by atoms with Crippen molar-refractivity contribution < 1.29 is 19.1 Å². The second-order valence-electron chi connectivity index (χ2n) is 8.21. The Hall–Kier alpha value is -3.31. The standard InChI is InChI=1S/C24H21BrN4O5S/c25-15-3-1-14-2-6-23(32)28(19(14)9-15)8-7-21(30)26-11-17-12-29(24(33)34-17)16-4-5-20-18(10-16)27-22(31)13-35-20/h1-6,9-10,17H,7-8,11-13H2,(H,26,30)(H,27,31). The van der Waals surface area contributed by atoms with Crippen LogP contribution in [0.25, 0.3) is 10.9 Å². The lowest BCUT2D eigenvalue weighted by molar-refractivity contribution is -0.121. The molecule has 0 spiro atoms. The van der Waals surface area contributed by atoms with Gasteiger partial charge in [-0.3, -0.25) is 19.3 Å². The lowest BCUT2D eigenvalue weighted by Gasteiger charge is -2.20. The van der Waals surface area contributed by atoms with Crippen molar-refractivity contribution in [2.75, 3.05) is 29.1 Å². The van der Waals surface area contributed by atoms with E-state index in [4.69, 9.17) is 4.74 Å². The molecule has 1 unspecified atom stereocenters. The molecule has 3 heterocycles. The van der Waals surface area contributed by atoms with Gasteiger partial charge in [0.05, 0.1) is 30.0 Å². The zero-order chi connectivity index (χ0) is 24.5. The number of carbonyl (C=O) groups is 3. The molecular weight excluding hydrogens is 536 g/mol. The SMILES string of the molecule is O=C(CCn1c(=O)ccc2ccc(Br)cc21)NCC1CN(c2ccc3c(c2)NC(=O)CS3)C(=O)O1. The minimum absolute atomic E-state index is 0.0809. The molecule has 9 nitrogen and oxygen atoms in total. The first-order valence-electron chi connectivity index (χ1n) is 11.0. The van der Waals surface area contributed by atoms with Crippen molar-refractivity contribution in [2.24, 2.45) is 0 Å². The van der Waals surface area contributed by atoms with E-state index in [9.17, 15) is 19.2 Å². The third kappa shape index (κ3) is 5.06. The van der Waals surface area contributed by atoms with Crippen LogP contribution in [0.4, 0.5) is 16.2 Å². The predicted molar refractivity (Wildman–Crippen MR) is 137 cm³/mol. The molecular formula is C24H21BrN4O5S. The summed E-state index contributed by atoms with van der Waals surface area (Å²) in [5.41, 5.74) is 1.86. The van der Waals surface area contributed by atoms with Gasteiger partial charge >= 0.3 is 6.09 Å². The first-order chi connectivity index (χ1) is 16.9.